The first kappa shape index (κ1) is 14.3. The fourth-order valence-electron chi connectivity index (χ4n) is 2.07. The average Bonchev–Trinajstić information content (AvgIpc) is 2.39. The summed E-state index contributed by atoms with van der Waals surface area (Å²) < 4.78 is 5.59. The lowest BCUT2D eigenvalue weighted by Crippen LogP contribution is -2.46. The van der Waals surface area contributed by atoms with Gasteiger partial charge in [0.25, 0.3) is 0 Å². The Hall–Kier alpha value is -1.10. The Morgan fingerprint density at radius 3 is 2.89 bits per heavy atom. The van der Waals surface area contributed by atoms with Gasteiger partial charge in [0.1, 0.15) is 0 Å². The summed E-state index contributed by atoms with van der Waals surface area (Å²) in [7, 11) is 2.06. The Morgan fingerprint density at radius 2 is 2.21 bits per heavy atom. The molecule has 0 bridgehead atoms. The van der Waals surface area contributed by atoms with Gasteiger partial charge in [0.05, 0.1) is 19.1 Å². The van der Waals surface area contributed by atoms with Crippen molar-refractivity contribution in [2.75, 3.05) is 33.3 Å². The lowest BCUT2D eigenvalue weighted by Gasteiger charge is -2.30. The van der Waals surface area contributed by atoms with Crippen LogP contribution in [-0.4, -0.2) is 50.2 Å². The second kappa shape index (κ2) is 6.89. The monoisotopic (exact) mass is 282 g/mol. The fourth-order valence-corrected chi connectivity index (χ4v) is 2.19. The number of ether oxygens (including phenoxy) is 1. The van der Waals surface area contributed by atoms with E-state index in [-0.39, 0.29) is 12.0 Å². The van der Waals surface area contributed by atoms with E-state index in [9.17, 15) is 4.79 Å². The minimum atomic E-state index is 0.0131. The quantitative estimate of drug-likeness (QED) is 0.906. The van der Waals surface area contributed by atoms with Crippen molar-refractivity contribution in [2.45, 2.75) is 12.5 Å². The zero-order chi connectivity index (χ0) is 13.7. The highest BCUT2D eigenvalue weighted by atomic mass is 35.5. The molecule has 1 aromatic rings. The molecular weight excluding hydrogens is 264 g/mol. The minimum absolute atomic E-state index is 0.0131. The summed E-state index contributed by atoms with van der Waals surface area (Å²) in [6.07, 6.45) is 0.465. The molecule has 19 heavy (non-hydrogen) atoms. The van der Waals surface area contributed by atoms with Gasteiger partial charge in [-0.2, -0.15) is 0 Å². The van der Waals surface area contributed by atoms with E-state index in [1.807, 2.05) is 12.1 Å². The van der Waals surface area contributed by atoms with Crippen molar-refractivity contribution in [3.63, 3.8) is 0 Å². The predicted molar refractivity (Wildman–Crippen MR) is 75.4 cm³/mol. The molecule has 1 atom stereocenters. The number of halogens is 1. The van der Waals surface area contributed by atoms with Crippen LogP contribution in [0.15, 0.2) is 24.3 Å². The second-order valence-electron chi connectivity index (χ2n) is 4.86. The molecule has 5 heteroatoms. The molecule has 1 N–H and O–H groups in total. The number of rotatable bonds is 4. The molecule has 1 aliphatic heterocycles. The van der Waals surface area contributed by atoms with Gasteiger partial charge in [-0.05, 0) is 24.7 Å². The number of hydrogen-bond acceptors (Lipinski definition) is 3. The summed E-state index contributed by atoms with van der Waals surface area (Å²) >= 11 is 5.80. The van der Waals surface area contributed by atoms with E-state index in [2.05, 4.69) is 17.3 Å². The van der Waals surface area contributed by atoms with Gasteiger partial charge in [-0.15, -0.1) is 0 Å². The lowest BCUT2D eigenvalue weighted by molar-refractivity contribution is -0.121. The third-order valence-corrected chi connectivity index (χ3v) is 3.40. The molecule has 0 aliphatic carbocycles. The van der Waals surface area contributed by atoms with Crippen molar-refractivity contribution in [3.05, 3.63) is 34.9 Å². The summed E-state index contributed by atoms with van der Waals surface area (Å²) in [6, 6.07) is 7.33. The number of carbonyl (C=O) groups excluding carboxylic acids is 1. The molecule has 0 aromatic heterocycles. The van der Waals surface area contributed by atoms with Crippen LogP contribution in [0, 0.1) is 0 Å². The standard InChI is InChI=1S/C14H19ClN2O2/c1-17-6-7-19-13(10-17)9-16-14(18)8-11-2-4-12(15)5-3-11/h2-5,13H,6-10H2,1H3,(H,16,18)/t13-/m1/s1. The SMILES string of the molecule is CN1CCO[C@H](CNC(=O)Cc2ccc(Cl)cc2)C1. The van der Waals surface area contributed by atoms with E-state index in [1.54, 1.807) is 12.1 Å². The summed E-state index contributed by atoms with van der Waals surface area (Å²) in [5, 5.41) is 3.60. The van der Waals surface area contributed by atoms with Gasteiger partial charge in [0.2, 0.25) is 5.91 Å². The van der Waals surface area contributed by atoms with Crippen molar-refractivity contribution < 1.29 is 9.53 Å². The van der Waals surface area contributed by atoms with Gasteiger partial charge in [0, 0.05) is 24.7 Å². The molecule has 104 valence electrons. The molecule has 0 radical (unpaired) electrons. The maximum Gasteiger partial charge on any atom is 0.224 e. The van der Waals surface area contributed by atoms with E-state index in [0.29, 0.717) is 18.0 Å². The van der Waals surface area contributed by atoms with Crippen LogP contribution in [0.3, 0.4) is 0 Å². The minimum Gasteiger partial charge on any atom is -0.374 e. The summed E-state index contributed by atoms with van der Waals surface area (Å²) in [6.45, 7) is 3.11. The Morgan fingerprint density at radius 1 is 1.47 bits per heavy atom. The van der Waals surface area contributed by atoms with E-state index in [0.717, 1.165) is 25.3 Å². The molecule has 0 saturated carbocycles. The summed E-state index contributed by atoms with van der Waals surface area (Å²) in [4.78, 5) is 14.0. The van der Waals surface area contributed by atoms with Gasteiger partial charge >= 0.3 is 0 Å². The first-order valence-corrected chi connectivity index (χ1v) is 6.82. The first-order valence-electron chi connectivity index (χ1n) is 6.45. The van der Waals surface area contributed by atoms with Crippen LogP contribution in [0.4, 0.5) is 0 Å². The maximum absolute atomic E-state index is 11.8. The van der Waals surface area contributed by atoms with Crippen molar-refractivity contribution in [2.24, 2.45) is 0 Å². The molecule has 1 fully saturated rings. The zero-order valence-corrected chi connectivity index (χ0v) is 11.8. The van der Waals surface area contributed by atoms with Gasteiger partial charge in [-0.3, -0.25) is 4.79 Å². The van der Waals surface area contributed by atoms with Crippen LogP contribution >= 0.6 is 11.6 Å². The Bertz CT molecular complexity index is 422. The molecular formula is C14H19ClN2O2. The second-order valence-corrected chi connectivity index (χ2v) is 5.30. The van der Waals surface area contributed by atoms with Crippen LogP contribution in [0.25, 0.3) is 0 Å². The molecule has 1 amide bonds. The van der Waals surface area contributed by atoms with Gasteiger partial charge in [0.15, 0.2) is 0 Å². The number of carbonyl (C=O) groups is 1. The van der Waals surface area contributed by atoms with Gasteiger partial charge < -0.3 is 15.0 Å². The normalized spacial score (nSPS) is 20.2. The van der Waals surface area contributed by atoms with Gasteiger partial charge in [-0.25, -0.2) is 0 Å². The molecule has 1 aromatic carbocycles. The van der Waals surface area contributed by atoms with Crippen molar-refractivity contribution in [3.8, 4) is 0 Å². The Balaban J connectivity index is 1.73. The highest BCUT2D eigenvalue weighted by Crippen LogP contribution is 2.10. The number of likely N-dealkylation sites (N-methyl/N-ethyl adjacent to an activating group) is 1. The van der Waals surface area contributed by atoms with Crippen LogP contribution in [0.5, 0.6) is 0 Å². The lowest BCUT2D eigenvalue weighted by atomic mass is 10.1. The molecule has 4 nitrogen and oxygen atoms in total. The van der Waals surface area contributed by atoms with Crippen molar-refractivity contribution in [1.29, 1.82) is 0 Å². The van der Waals surface area contributed by atoms with Crippen molar-refractivity contribution >= 4 is 17.5 Å². The first-order chi connectivity index (χ1) is 9.13. The number of amides is 1. The number of morpholine rings is 1. The number of nitrogens with one attached hydrogen (secondary N) is 1. The zero-order valence-electron chi connectivity index (χ0n) is 11.1. The average molecular weight is 283 g/mol. The van der Waals surface area contributed by atoms with E-state index in [4.69, 9.17) is 16.3 Å². The van der Waals surface area contributed by atoms with E-state index < -0.39 is 0 Å². The molecule has 0 unspecified atom stereocenters. The van der Waals surface area contributed by atoms with Crippen LogP contribution in [0.2, 0.25) is 5.02 Å². The number of benzene rings is 1. The Labute approximate surface area is 118 Å². The third-order valence-electron chi connectivity index (χ3n) is 3.15. The molecule has 1 saturated heterocycles. The maximum atomic E-state index is 11.8. The third kappa shape index (κ3) is 4.82. The fraction of sp³-hybridized carbons (Fsp3) is 0.500. The van der Waals surface area contributed by atoms with E-state index in [1.165, 1.54) is 0 Å². The Kier molecular flexibility index (Phi) is 5.19. The number of nitrogens with zero attached hydrogens (tertiary/aromatic N) is 1. The summed E-state index contributed by atoms with van der Waals surface area (Å²) in [5.74, 6) is 0.0131. The van der Waals surface area contributed by atoms with Crippen LogP contribution in [-0.2, 0) is 16.0 Å². The smallest absolute Gasteiger partial charge is 0.224 e. The highest BCUT2D eigenvalue weighted by Gasteiger charge is 2.18. The van der Waals surface area contributed by atoms with Crippen molar-refractivity contribution in [1.82, 2.24) is 10.2 Å². The van der Waals surface area contributed by atoms with E-state index >= 15 is 0 Å². The highest BCUT2D eigenvalue weighted by molar-refractivity contribution is 6.30. The van der Waals surface area contributed by atoms with Crippen LogP contribution < -0.4 is 5.32 Å². The van der Waals surface area contributed by atoms with Gasteiger partial charge in [-0.1, -0.05) is 23.7 Å². The molecule has 1 aliphatic rings. The predicted octanol–water partition coefficient (Wildman–Crippen LogP) is 1.33. The molecule has 0 spiro atoms. The molecule has 2 rings (SSSR count). The number of hydrogen-bond donors (Lipinski definition) is 1. The van der Waals surface area contributed by atoms with Crippen LogP contribution in [0.1, 0.15) is 5.56 Å². The summed E-state index contributed by atoms with van der Waals surface area (Å²) in [5.41, 5.74) is 0.962. The largest absolute Gasteiger partial charge is 0.374 e. The molecule has 1 heterocycles. The topological polar surface area (TPSA) is 41.6 Å².